The number of carbonyl (C=O) groups excluding carboxylic acids is 2. The summed E-state index contributed by atoms with van der Waals surface area (Å²) in [6.45, 7) is 0. The summed E-state index contributed by atoms with van der Waals surface area (Å²) in [6.07, 6.45) is -0.850. The number of halogens is 1. The lowest BCUT2D eigenvalue weighted by molar-refractivity contribution is -0.126. The molecule has 0 bridgehead atoms. The third-order valence-corrected chi connectivity index (χ3v) is 5.88. The Labute approximate surface area is 176 Å². The van der Waals surface area contributed by atoms with Gasteiger partial charge in [0.2, 0.25) is 5.91 Å². The van der Waals surface area contributed by atoms with Crippen LogP contribution in [0.3, 0.4) is 0 Å². The monoisotopic (exact) mass is 448 g/mol. The van der Waals surface area contributed by atoms with Gasteiger partial charge in [-0.1, -0.05) is 64.5 Å². The number of rotatable bonds is 3. The number of benzene rings is 3. The first kappa shape index (κ1) is 18.1. The van der Waals surface area contributed by atoms with Gasteiger partial charge in [0, 0.05) is 4.47 Å². The largest absolute Gasteiger partial charge is 0.273 e. The first-order valence-electron chi connectivity index (χ1n) is 9.34. The van der Waals surface area contributed by atoms with Gasteiger partial charge in [0.1, 0.15) is 5.92 Å². The van der Waals surface area contributed by atoms with Crippen LogP contribution in [0.2, 0.25) is 0 Å². The van der Waals surface area contributed by atoms with Gasteiger partial charge in [-0.05, 0) is 42.0 Å². The van der Waals surface area contributed by atoms with Gasteiger partial charge >= 0.3 is 0 Å². The van der Waals surface area contributed by atoms with Gasteiger partial charge in [0.15, 0.2) is 6.10 Å². The Morgan fingerprint density at radius 1 is 0.724 bits per heavy atom. The lowest BCUT2D eigenvalue weighted by atomic mass is 9.90. The van der Waals surface area contributed by atoms with E-state index in [2.05, 4.69) is 15.9 Å². The van der Waals surface area contributed by atoms with Gasteiger partial charge in [-0.2, -0.15) is 0 Å². The zero-order chi connectivity index (χ0) is 20.0. The molecule has 3 atom stereocenters. The molecule has 29 heavy (non-hydrogen) atoms. The smallest absolute Gasteiger partial charge is 0.266 e. The van der Waals surface area contributed by atoms with Crippen molar-refractivity contribution in [1.29, 1.82) is 0 Å². The van der Waals surface area contributed by atoms with Crippen molar-refractivity contribution in [3.05, 3.63) is 95.0 Å². The van der Waals surface area contributed by atoms with Crippen molar-refractivity contribution >= 4 is 39.1 Å². The number of hydroxylamine groups is 1. The SMILES string of the molecule is O=C1[C@@H]2[C@@H](ON(c3ccccc3)[C@H]2c2ccccc2)C(=O)N1c1ccc(Br)cc1. The highest BCUT2D eigenvalue weighted by atomic mass is 79.9. The molecule has 3 aromatic carbocycles. The van der Waals surface area contributed by atoms with Crippen LogP contribution in [0.25, 0.3) is 0 Å². The summed E-state index contributed by atoms with van der Waals surface area (Å²) in [6, 6.07) is 26.0. The number of imide groups is 1. The van der Waals surface area contributed by atoms with Crippen molar-refractivity contribution in [1.82, 2.24) is 0 Å². The lowest BCUT2D eigenvalue weighted by Gasteiger charge is -2.28. The van der Waals surface area contributed by atoms with Crippen LogP contribution in [-0.4, -0.2) is 17.9 Å². The van der Waals surface area contributed by atoms with Crippen molar-refractivity contribution < 1.29 is 14.4 Å². The second-order valence-corrected chi connectivity index (χ2v) is 7.97. The molecular weight excluding hydrogens is 432 g/mol. The molecule has 2 aliphatic rings. The average Bonchev–Trinajstić information content (AvgIpc) is 3.27. The Kier molecular flexibility index (Phi) is 4.45. The topological polar surface area (TPSA) is 49.9 Å². The van der Waals surface area contributed by atoms with Gasteiger partial charge in [0.05, 0.1) is 17.4 Å². The Balaban J connectivity index is 1.58. The van der Waals surface area contributed by atoms with E-state index >= 15 is 0 Å². The number of fused-ring (bicyclic) bond motifs is 1. The number of amides is 2. The summed E-state index contributed by atoms with van der Waals surface area (Å²) < 4.78 is 0.884. The maximum Gasteiger partial charge on any atom is 0.266 e. The Morgan fingerprint density at radius 2 is 1.34 bits per heavy atom. The van der Waals surface area contributed by atoms with Crippen molar-refractivity contribution in [2.24, 2.45) is 5.92 Å². The minimum atomic E-state index is -0.850. The van der Waals surface area contributed by atoms with E-state index in [0.29, 0.717) is 5.69 Å². The van der Waals surface area contributed by atoms with Gasteiger partial charge < -0.3 is 0 Å². The van der Waals surface area contributed by atoms with Crippen LogP contribution in [-0.2, 0) is 14.4 Å². The predicted molar refractivity (Wildman–Crippen MR) is 113 cm³/mol. The molecule has 2 saturated heterocycles. The minimum absolute atomic E-state index is 0.241. The summed E-state index contributed by atoms with van der Waals surface area (Å²) in [5, 5.41) is 1.71. The Morgan fingerprint density at radius 3 is 2.00 bits per heavy atom. The number of nitrogens with zero attached hydrogens (tertiary/aromatic N) is 2. The van der Waals surface area contributed by atoms with Gasteiger partial charge in [0.25, 0.3) is 5.91 Å². The quantitative estimate of drug-likeness (QED) is 0.553. The molecule has 5 nitrogen and oxygen atoms in total. The summed E-state index contributed by atoms with van der Waals surface area (Å²) in [7, 11) is 0. The molecule has 2 heterocycles. The van der Waals surface area contributed by atoms with Crippen LogP contribution in [0.5, 0.6) is 0 Å². The molecule has 6 heteroatoms. The predicted octanol–water partition coefficient (Wildman–Crippen LogP) is 4.50. The van der Waals surface area contributed by atoms with Crippen molar-refractivity contribution in [3.8, 4) is 0 Å². The summed E-state index contributed by atoms with van der Waals surface area (Å²) >= 11 is 3.39. The number of anilines is 2. The Hall–Kier alpha value is -2.96. The molecule has 2 aliphatic heterocycles. The van der Waals surface area contributed by atoms with E-state index in [4.69, 9.17) is 4.84 Å². The standard InChI is InChI=1S/C23H17BrN2O3/c24-16-11-13-17(14-12-16)25-22(27)19-20(15-7-3-1-4-8-15)26(29-21(19)23(25)28)18-9-5-2-6-10-18/h1-14,19-21H/t19-,20-,21+/m0/s1. The molecule has 0 spiro atoms. The molecule has 5 rings (SSSR count). The van der Waals surface area contributed by atoms with Crippen LogP contribution in [0.4, 0.5) is 11.4 Å². The van der Waals surface area contributed by atoms with E-state index in [1.54, 1.807) is 17.2 Å². The summed E-state index contributed by atoms with van der Waals surface area (Å²) in [5.41, 5.74) is 2.30. The van der Waals surface area contributed by atoms with E-state index in [1.165, 1.54) is 4.90 Å². The van der Waals surface area contributed by atoms with E-state index in [-0.39, 0.29) is 17.9 Å². The highest BCUT2D eigenvalue weighted by Crippen LogP contribution is 2.47. The average molecular weight is 449 g/mol. The number of hydrogen-bond acceptors (Lipinski definition) is 4. The van der Waals surface area contributed by atoms with E-state index in [1.807, 2.05) is 72.8 Å². The first-order chi connectivity index (χ1) is 14.1. The summed E-state index contributed by atoms with van der Waals surface area (Å²) in [5.74, 6) is -1.19. The molecule has 0 unspecified atom stereocenters. The number of para-hydroxylation sites is 1. The molecule has 0 saturated carbocycles. The van der Waals surface area contributed by atoms with E-state index in [0.717, 1.165) is 15.7 Å². The van der Waals surface area contributed by atoms with Gasteiger partial charge in [-0.3, -0.25) is 14.4 Å². The third-order valence-electron chi connectivity index (χ3n) is 5.35. The van der Waals surface area contributed by atoms with Crippen LogP contribution in [0.1, 0.15) is 11.6 Å². The third kappa shape index (κ3) is 2.96. The van der Waals surface area contributed by atoms with Crippen LogP contribution < -0.4 is 9.96 Å². The molecule has 0 radical (unpaired) electrons. The number of carbonyl (C=O) groups is 2. The maximum atomic E-state index is 13.4. The van der Waals surface area contributed by atoms with E-state index in [9.17, 15) is 9.59 Å². The second kappa shape index (κ2) is 7.13. The zero-order valence-corrected chi connectivity index (χ0v) is 16.9. The molecule has 2 fully saturated rings. The van der Waals surface area contributed by atoms with Crippen LogP contribution in [0.15, 0.2) is 89.4 Å². The minimum Gasteiger partial charge on any atom is -0.273 e. The zero-order valence-electron chi connectivity index (χ0n) is 15.3. The van der Waals surface area contributed by atoms with Gasteiger partial charge in [-0.15, -0.1) is 0 Å². The van der Waals surface area contributed by atoms with Crippen molar-refractivity contribution in [2.45, 2.75) is 12.1 Å². The molecule has 0 N–H and O–H groups in total. The van der Waals surface area contributed by atoms with Crippen molar-refractivity contribution in [3.63, 3.8) is 0 Å². The highest BCUT2D eigenvalue weighted by molar-refractivity contribution is 9.10. The fourth-order valence-corrected chi connectivity index (χ4v) is 4.31. The molecule has 0 aliphatic carbocycles. The van der Waals surface area contributed by atoms with Crippen molar-refractivity contribution in [2.75, 3.05) is 9.96 Å². The molecule has 0 aromatic heterocycles. The fraction of sp³-hybridized carbons (Fsp3) is 0.130. The van der Waals surface area contributed by atoms with E-state index < -0.39 is 12.0 Å². The maximum absolute atomic E-state index is 13.4. The molecule has 144 valence electrons. The number of hydrogen-bond donors (Lipinski definition) is 0. The fourth-order valence-electron chi connectivity index (χ4n) is 4.05. The second-order valence-electron chi connectivity index (χ2n) is 7.06. The highest BCUT2D eigenvalue weighted by Gasteiger charge is 2.60. The summed E-state index contributed by atoms with van der Waals surface area (Å²) in [4.78, 5) is 34.0. The molecular formula is C23H17BrN2O3. The van der Waals surface area contributed by atoms with Crippen LogP contribution >= 0.6 is 15.9 Å². The van der Waals surface area contributed by atoms with Crippen LogP contribution in [0, 0.1) is 5.92 Å². The van der Waals surface area contributed by atoms with Gasteiger partial charge in [-0.25, -0.2) is 9.96 Å². The lowest BCUT2D eigenvalue weighted by Crippen LogP contribution is -2.37. The first-order valence-corrected chi connectivity index (χ1v) is 10.1. The molecule has 3 aromatic rings. The normalized spacial score (nSPS) is 23.6. The Bertz CT molecular complexity index is 1060. The molecule has 2 amide bonds.